The Balaban J connectivity index is 2.43. The van der Waals surface area contributed by atoms with Gasteiger partial charge in [-0.15, -0.1) is 0 Å². The van der Waals surface area contributed by atoms with Crippen molar-refractivity contribution < 1.29 is 9.59 Å². The van der Waals surface area contributed by atoms with Gasteiger partial charge in [0.15, 0.2) is 0 Å². The van der Waals surface area contributed by atoms with Crippen molar-refractivity contribution in [2.45, 2.75) is 57.9 Å². The van der Waals surface area contributed by atoms with Gasteiger partial charge in [-0.25, -0.2) is 0 Å². The highest BCUT2D eigenvalue weighted by molar-refractivity contribution is 5.87. The van der Waals surface area contributed by atoms with Crippen LogP contribution in [0.5, 0.6) is 0 Å². The molecular formula is C12H22N2O2. The molecule has 1 unspecified atom stereocenters. The fraction of sp³-hybridized carbons (Fsp3) is 0.833. The van der Waals surface area contributed by atoms with Crippen LogP contribution < -0.4 is 11.1 Å². The van der Waals surface area contributed by atoms with E-state index in [1.807, 2.05) is 6.92 Å². The van der Waals surface area contributed by atoms with E-state index < -0.39 is 11.9 Å². The molecule has 0 spiro atoms. The van der Waals surface area contributed by atoms with Gasteiger partial charge in [-0.2, -0.15) is 0 Å². The molecule has 0 aromatic carbocycles. The Labute approximate surface area is 97.0 Å². The van der Waals surface area contributed by atoms with Gasteiger partial charge in [-0.05, 0) is 19.3 Å². The molecule has 1 aliphatic carbocycles. The average Bonchev–Trinajstić information content (AvgIpc) is 2.29. The van der Waals surface area contributed by atoms with Gasteiger partial charge < -0.3 is 11.1 Å². The van der Waals surface area contributed by atoms with E-state index in [0.717, 1.165) is 32.1 Å². The van der Waals surface area contributed by atoms with Gasteiger partial charge >= 0.3 is 0 Å². The van der Waals surface area contributed by atoms with E-state index in [4.69, 9.17) is 5.73 Å². The molecule has 0 aliphatic heterocycles. The Kier molecular flexibility index (Phi) is 5.29. The molecule has 0 radical (unpaired) electrons. The molecule has 0 bridgehead atoms. The minimum atomic E-state index is -0.487. The van der Waals surface area contributed by atoms with E-state index in [2.05, 4.69) is 5.32 Å². The topological polar surface area (TPSA) is 72.2 Å². The summed E-state index contributed by atoms with van der Waals surface area (Å²) < 4.78 is 0. The van der Waals surface area contributed by atoms with Gasteiger partial charge in [0, 0.05) is 5.92 Å². The van der Waals surface area contributed by atoms with Gasteiger partial charge in [0.2, 0.25) is 11.8 Å². The van der Waals surface area contributed by atoms with E-state index in [1.54, 1.807) is 0 Å². The molecule has 0 heterocycles. The molecule has 1 atom stereocenters. The van der Waals surface area contributed by atoms with Crippen LogP contribution >= 0.6 is 0 Å². The summed E-state index contributed by atoms with van der Waals surface area (Å²) in [6.07, 6.45) is 6.83. The maximum Gasteiger partial charge on any atom is 0.239 e. The Morgan fingerprint density at radius 3 is 2.44 bits per heavy atom. The van der Waals surface area contributed by atoms with E-state index in [9.17, 15) is 9.59 Å². The van der Waals surface area contributed by atoms with Crippen molar-refractivity contribution in [3.8, 4) is 0 Å². The third-order valence-electron chi connectivity index (χ3n) is 3.21. The van der Waals surface area contributed by atoms with Crippen molar-refractivity contribution >= 4 is 11.8 Å². The zero-order chi connectivity index (χ0) is 12.0. The quantitative estimate of drug-likeness (QED) is 0.742. The summed E-state index contributed by atoms with van der Waals surface area (Å²) in [5.74, 6) is -0.324. The van der Waals surface area contributed by atoms with Crippen molar-refractivity contribution in [3.63, 3.8) is 0 Å². The van der Waals surface area contributed by atoms with Crippen molar-refractivity contribution in [2.75, 3.05) is 0 Å². The van der Waals surface area contributed by atoms with Crippen LogP contribution in [0.1, 0.15) is 51.9 Å². The number of primary amides is 1. The highest BCUT2D eigenvalue weighted by atomic mass is 16.2. The third kappa shape index (κ3) is 3.83. The summed E-state index contributed by atoms with van der Waals surface area (Å²) in [5.41, 5.74) is 5.25. The Bertz CT molecular complexity index is 247. The zero-order valence-electron chi connectivity index (χ0n) is 10.00. The van der Waals surface area contributed by atoms with Gasteiger partial charge in [-0.3, -0.25) is 9.59 Å². The summed E-state index contributed by atoms with van der Waals surface area (Å²) in [6.45, 7) is 1.97. The molecule has 16 heavy (non-hydrogen) atoms. The molecule has 0 saturated heterocycles. The maximum absolute atomic E-state index is 11.9. The molecule has 3 N–H and O–H groups in total. The first-order chi connectivity index (χ1) is 7.65. The minimum absolute atomic E-state index is 0.0111. The van der Waals surface area contributed by atoms with E-state index >= 15 is 0 Å². The lowest BCUT2D eigenvalue weighted by Gasteiger charge is -2.23. The van der Waals surface area contributed by atoms with Crippen molar-refractivity contribution in [3.05, 3.63) is 0 Å². The third-order valence-corrected chi connectivity index (χ3v) is 3.21. The van der Waals surface area contributed by atoms with Crippen LogP contribution in [0.15, 0.2) is 0 Å². The number of amides is 2. The summed E-state index contributed by atoms with van der Waals surface area (Å²) in [6, 6.07) is -0.487. The molecule has 0 aromatic rings. The molecule has 1 fully saturated rings. The molecule has 4 nitrogen and oxygen atoms in total. The highest BCUT2D eigenvalue weighted by Gasteiger charge is 2.24. The molecule has 1 rings (SSSR count). The summed E-state index contributed by atoms with van der Waals surface area (Å²) >= 11 is 0. The van der Waals surface area contributed by atoms with Gasteiger partial charge in [0.25, 0.3) is 0 Å². The zero-order valence-corrected chi connectivity index (χ0v) is 10.00. The summed E-state index contributed by atoms with van der Waals surface area (Å²) in [5, 5.41) is 2.77. The first kappa shape index (κ1) is 13.0. The Morgan fingerprint density at radius 2 is 1.94 bits per heavy atom. The van der Waals surface area contributed by atoms with Crippen LogP contribution in [0.2, 0.25) is 0 Å². The predicted octanol–water partition coefficient (Wildman–Crippen LogP) is 1.34. The lowest BCUT2D eigenvalue weighted by Crippen LogP contribution is -2.46. The fourth-order valence-corrected chi connectivity index (χ4v) is 2.23. The largest absolute Gasteiger partial charge is 0.368 e. The summed E-state index contributed by atoms with van der Waals surface area (Å²) in [4.78, 5) is 23.0. The van der Waals surface area contributed by atoms with Crippen LogP contribution in [-0.4, -0.2) is 17.9 Å². The van der Waals surface area contributed by atoms with Crippen LogP contribution in [0.25, 0.3) is 0 Å². The average molecular weight is 226 g/mol. The normalized spacial score (nSPS) is 19.1. The van der Waals surface area contributed by atoms with Crippen molar-refractivity contribution in [2.24, 2.45) is 11.7 Å². The van der Waals surface area contributed by atoms with Crippen molar-refractivity contribution in [1.82, 2.24) is 5.32 Å². The molecule has 1 aliphatic rings. The predicted molar refractivity (Wildman–Crippen MR) is 62.6 cm³/mol. The number of rotatable bonds is 5. The lowest BCUT2D eigenvalue weighted by atomic mass is 9.88. The van der Waals surface area contributed by atoms with Gasteiger partial charge in [0.05, 0.1) is 0 Å². The standard InChI is InChI=1S/C12H22N2O2/c1-2-6-10(11(13)15)14-12(16)9-7-4-3-5-8-9/h9-10H,2-8H2,1H3,(H2,13,15)(H,14,16). The second kappa shape index (κ2) is 6.51. The van der Waals surface area contributed by atoms with Crippen LogP contribution in [0, 0.1) is 5.92 Å². The number of hydrogen-bond donors (Lipinski definition) is 2. The molecular weight excluding hydrogens is 204 g/mol. The first-order valence-corrected chi connectivity index (χ1v) is 6.24. The maximum atomic E-state index is 11.9. The van der Waals surface area contributed by atoms with Crippen molar-refractivity contribution in [1.29, 1.82) is 0 Å². The smallest absolute Gasteiger partial charge is 0.239 e. The van der Waals surface area contributed by atoms with Gasteiger partial charge in [0.1, 0.15) is 6.04 Å². The molecule has 1 saturated carbocycles. The lowest BCUT2D eigenvalue weighted by molar-refractivity contribution is -0.130. The SMILES string of the molecule is CCCC(NC(=O)C1CCCCC1)C(N)=O. The Hall–Kier alpha value is -1.06. The number of nitrogens with two attached hydrogens (primary N) is 1. The van der Waals surface area contributed by atoms with E-state index in [0.29, 0.717) is 6.42 Å². The number of carbonyl (C=O) groups excluding carboxylic acids is 2. The fourth-order valence-electron chi connectivity index (χ4n) is 2.23. The second-order valence-corrected chi connectivity index (χ2v) is 4.59. The number of nitrogens with one attached hydrogen (secondary N) is 1. The molecule has 2 amide bonds. The summed E-state index contributed by atoms with van der Waals surface area (Å²) in [7, 11) is 0. The van der Waals surface area contributed by atoms with Crippen LogP contribution in [0.4, 0.5) is 0 Å². The number of carbonyl (C=O) groups is 2. The van der Waals surface area contributed by atoms with Crippen LogP contribution in [0.3, 0.4) is 0 Å². The highest BCUT2D eigenvalue weighted by Crippen LogP contribution is 2.23. The molecule has 4 heteroatoms. The second-order valence-electron chi connectivity index (χ2n) is 4.59. The monoisotopic (exact) mass is 226 g/mol. The Morgan fingerprint density at radius 1 is 1.31 bits per heavy atom. The first-order valence-electron chi connectivity index (χ1n) is 6.24. The van der Waals surface area contributed by atoms with Gasteiger partial charge in [-0.1, -0.05) is 32.6 Å². The minimum Gasteiger partial charge on any atom is -0.368 e. The molecule has 0 aromatic heterocycles. The molecule has 92 valence electrons. The van der Waals surface area contributed by atoms with E-state index in [1.165, 1.54) is 6.42 Å². The number of hydrogen-bond acceptors (Lipinski definition) is 2. The van der Waals surface area contributed by atoms with Crippen LogP contribution in [-0.2, 0) is 9.59 Å². The van der Waals surface area contributed by atoms with E-state index in [-0.39, 0.29) is 11.8 Å².